The summed E-state index contributed by atoms with van der Waals surface area (Å²) in [7, 11) is 0. The lowest BCUT2D eigenvalue weighted by molar-refractivity contribution is -0.154. The van der Waals surface area contributed by atoms with E-state index in [1.165, 1.54) is 0 Å². The molecule has 0 saturated carbocycles. The van der Waals surface area contributed by atoms with Gasteiger partial charge in [-0.15, -0.1) is 0 Å². The first-order valence-corrected chi connectivity index (χ1v) is 8.28. The molecule has 0 aliphatic carbocycles. The van der Waals surface area contributed by atoms with E-state index in [-0.39, 0.29) is 5.97 Å². The largest absolute Gasteiger partial charge is 0.465 e. The summed E-state index contributed by atoms with van der Waals surface area (Å²) in [6.07, 6.45) is -0.823. The highest BCUT2D eigenvalue weighted by Crippen LogP contribution is 2.17. The number of aliphatic hydroxyl groups excluding tert-OH is 1. The average molecular weight is 327 g/mol. The minimum Gasteiger partial charge on any atom is -0.465 e. The van der Waals surface area contributed by atoms with Crippen molar-refractivity contribution in [2.75, 3.05) is 6.61 Å². The average Bonchev–Trinajstić information content (AvgIpc) is 2.56. The molecule has 0 aliphatic heterocycles. The Morgan fingerprint density at radius 1 is 1.00 bits per heavy atom. The van der Waals surface area contributed by atoms with Crippen molar-refractivity contribution in [1.82, 2.24) is 4.90 Å². The van der Waals surface area contributed by atoms with Gasteiger partial charge in [0.15, 0.2) is 0 Å². The number of aliphatic hydroxyl groups is 1. The maximum atomic E-state index is 12.4. The van der Waals surface area contributed by atoms with Crippen molar-refractivity contribution in [3.05, 3.63) is 71.8 Å². The topological polar surface area (TPSA) is 49.8 Å². The molecule has 0 spiro atoms. The van der Waals surface area contributed by atoms with Crippen LogP contribution in [0.25, 0.3) is 0 Å². The van der Waals surface area contributed by atoms with Gasteiger partial charge in [-0.1, -0.05) is 60.7 Å². The Kier molecular flexibility index (Phi) is 6.97. The van der Waals surface area contributed by atoms with Crippen LogP contribution in [0, 0.1) is 0 Å². The fourth-order valence-electron chi connectivity index (χ4n) is 2.77. The number of hydrogen-bond acceptors (Lipinski definition) is 4. The molecule has 0 amide bonds. The summed E-state index contributed by atoms with van der Waals surface area (Å²) in [6, 6.07) is 19.2. The van der Waals surface area contributed by atoms with Gasteiger partial charge >= 0.3 is 5.97 Å². The number of nitrogens with zero attached hydrogens (tertiary/aromatic N) is 1. The van der Waals surface area contributed by atoms with E-state index >= 15 is 0 Å². The first-order chi connectivity index (χ1) is 11.6. The Morgan fingerprint density at radius 3 is 1.83 bits per heavy atom. The number of rotatable bonds is 8. The number of carbonyl (C=O) groups is 1. The number of carbonyl (C=O) groups excluding carboxylic acids is 1. The molecule has 2 aromatic carbocycles. The van der Waals surface area contributed by atoms with Crippen molar-refractivity contribution < 1.29 is 14.6 Å². The molecular formula is C20H25NO3. The molecule has 2 rings (SSSR count). The number of ether oxygens (including phenoxy) is 1. The molecule has 0 radical (unpaired) electrons. The van der Waals surface area contributed by atoms with Crippen LogP contribution in [0.1, 0.15) is 25.0 Å². The van der Waals surface area contributed by atoms with Crippen LogP contribution in [0.2, 0.25) is 0 Å². The van der Waals surface area contributed by atoms with E-state index in [0.717, 1.165) is 11.1 Å². The van der Waals surface area contributed by atoms with Crippen molar-refractivity contribution in [3.63, 3.8) is 0 Å². The van der Waals surface area contributed by atoms with Gasteiger partial charge in [0.25, 0.3) is 0 Å². The SMILES string of the molecule is CCOC(=O)C(C(C)O)N(Cc1ccccc1)Cc1ccccc1. The van der Waals surface area contributed by atoms with Crippen LogP contribution in [-0.2, 0) is 22.6 Å². The van der Waals surface area contributed by atoms with Gasteiger partial charge in [0.2, 0.25) is 0 Å². The van der Waals surface area contributed by atoms with E-state index in [9.17, 15) is 9.90 Å². The Balaban J connectivity index is 2.27. The minimum absolute atomic E-state index is 0.298. The molecule has 2 aromatic rings. The minimum atomic E-state index is -0.823. The van der Waals surface area contributed by atoms with E-state index in [1.807, 2.05) is 65.6 Å². The summed E-state index contributed by atoms with van der Waals surface area (Å²) in [6.45, 7) is 4.82. The monoisotopic (exact) mass is 327 g/mol. The second kappa shape index (κ2) is 9.21. The van der Waals surface area contributed by atoms with Crippen molar-refractivity contribution in [2.24, 2.45) is 0 Å². The second-order valence-corrected chi connectivity index (χ2v) is 5.81. The molecule has 4 nitrogen and oxygen atoms in total. The highest BCUT2D eigenvalue weighted by Gasteiger charge is 2.31. The highest BCUT2D eigenvalue weighted by molar-refractivity contribution is 5.76. The zero-order chi connectivity index (χ0) is 17.4. The van der Waals surface area contributed by atoms with Gasteiger partial charge in [-0.05, 0) is 25.0 Å². The smallest absolute Gasteiger partial charge is 0.326 e. The van der Waals surface area contributed by atoms with Gasteiger partial charge in [0.05, 0.1) is 12.7 Å². The van der Waals surface area contributed by atoms with Gasteiger partial charge in [-0.25, -0.2) is 0 Å². The van der Waals surface area contributed by atoms with Gasteiger partial charge in [0, 0.05) is 13.1 Å². The lowest BCUT2D eigenvalue weighted by atomic mass is 10.1. The van der Waals surface area contributed by atoms with Gasteiger partial charge in [-0.2, -0.15) is 0 Å². The molecule has 128 valence electrons. The summed E-state index contributed by atoms with van der Waals surface area (Å²) in [4.78, 5) is 14.3. The summed E-state index contributed by atoms with van der Waals surface area (Å²) in [5.74, 6) is -0.389. The number of benzene rings is 2. The molecule has 4 heteroatoms. The Bertz CT molecular complexity index is 572. The zero-order valence-corrected chi connectivity index (χ0v) is 14.3. The highest BCUT2D eigenvalue weighted by atomic mass is 16.5. The van der Waals surface area contributed by atoms with E-state index in [2.05, 4.69) is 0 Å². The third kappa shape index (κ3) is 5.18. The third-order valence-corrected chi connectivity index (χ3v) is 3.84. The van der Waals surface area contributed by atoms with Crippen LogP contribution < -0.4 is 0 Å². The number of esters is 1. The fraction of sp³-hybridized carbons (Fsp3) is 0.350. The maximum Gasteiger partial charge on any atom is 0.326 e. The number of hydrogen-bond donors (Lipinski definition) is 1. The van der Waals surface area contributed by atoms with Crippen LogP contribution in [-0.4, -0.2) is 34.7 Å². The van der Waals surface area contributed by atoms with Crippen molar-refractivity contribution >= 4 is 5.97 Å². The molecule has 2 atom stereocenters. The second-order valence-electron chi connectivity index (χ2n) is 5.81. The molecule has 2 unspecified atom stereocenters. The maximum absolute atomic E-state index is 12.4. The van der Waals surface area contributed by atoms with Gasteiger partial charge in [-0.3, -0.25) is 9.69 Å². The van der Waals surface area contributed by atoms with E-state index in [4.69, 9.17) is 4.74 Å². The molecule has 0 fully saturated rings. The molecule has 0 aromatic heterocycles. The standard InChI is InChI=1S/C20H25NO3/c1-3-24-20(23)19(16(2)22)21(14-17-10-6-4-7-11-17)15-18-12-8-5-9-13-18/h4-13,16,19,22H,3,14-15H2,1-2H3. The summed E-state index contributed by atoms with van der Waals surface area (Å²) >= 11 is 0. The summed E-state index contributed by atoms with van der Waals surface area (Å²) < 4.78 is 5.18. The fourth-order valence-corrected chi connectivity index (χ4v) is 2.77. The van der Waals surface area contributed by atoms with E-state index in [1.54, 1.807) is 13.8 Å². The van der Waals surface area contributed by atoms with Crippen LogP contribution >= 0.6 is 0 Å². The van der Waals surface area contributed by atoms with Crippen LogP contribution in [0.4, 0.5) is 0 Å². The zero-order valence-electron chi connectivity index (χ0n) is 14.3. The summed E-state index contributed by atoms with van der Waals surface area (Å²) in [5, 5.41) is 10.2. The van der Waals surface area contributed by atoms with Crippen LogP contribution in [0.5, 0.6) is 0 Å². The predicted octanol–water partition coefficient (Wildman–Crippen LogP) is 3.00. The Labute approximate surface area is 143 Å². The molecule has 0 aliphatic rings. The quantitative estimate of drug-likeness (QED) is 0.757. The Morgan fingerprint density at radius 2 is 1.46 bits per heavy atom. The predicted molar refractivity (Wildman–Crippen MR) is 94.2 cm³/mol. The lowest BCUT2D eigenvalue weighted by Crippen LogP contribution is -2.48. The van der Waals surface area contributed by atoms with Crippen LogP contribution in [0.15, 0.2) is 60.7 Å². The molecule has 1 N–H and O–H groups in total. The molecule has 0 saturated heterocycles. The molecular weight excluding hydrogens is 302 g/mol. The first-order valence-electron chi connectivity index (χ1n) is 8.28. The van der Waals surface area contributed by atoms with Crippen molar-refractivity contribution in [3.8, 4) is 0 Å². The first kappa shape index (κ1) is 18.2. The lowest BCUT2D eigenvalue weighted by Gasteiger charge is -2.32. The Hall–Kier alpha value is -2.17. The van der Waals surface area contributed by atoms with Crippen molar-refractivity contribution in [2.45, 2.75) is 39.1 Å². The molecule has 0 bridgehead atoms. The van der Waals surface area contributed by atoms with Gasteiger partial charge < -0.3 is 9.84 Å². The molecule has 0 heterocycles. The normalized spacial score (nSPS) is 13.5. The van der Waals surface area contributed by atoms with E-state index in [0.29, 0.717) is 19.7 Å². The third-order valence-electron chi connectivity index (χ3n) is 3.84. The molecule has 24 heavy (non-hydrogen) atoms. The van der Waals surface area contributed by atoms with Crippen molar-refractivity contribution in [1.29, 1.82) is 0 Å². The van der Waals surface area contributed by atoms with Crippen LogP contribution in [0.3, 0.4) is 0 Å². The van der Waals surface area contributed by atoms with Gasteiger partial charge in [0.1, 0.15) is 6.04 Å². The van der Waals surface area contributed by atoms with E-state index < -0.39 is 12.1 Å². The summed E-state index contributed by atoms with van der Waals surface area (Å²) in [5.41, 5.74) is 2.17.